The maximum atomic E-state index is 6.10. The zero-order chi connectivity index (χ0) is 14.0. The molecule has 1 aromatic rings. The second-order valence-electron chi connectivity index (χ2n) is 5.14. The maximum absolute atomic E-state index is 6.10. The highest BCUT2D eigenvalue weighted by atomic mass is 35.5. The minimum atomic E-state index is 0.156. The van der Waals surface area contributed by atoms with Gasteiger partial charge < -0.3 is 10.5 Å². The van der Waals surface area contributed by atoms with Gasteiger partial charge in [-0.1, -0.05) is 29.3 Å². The van der Waals surface area contributed by atoms with Crippen molar-refractivity contribution in [2.24, 2.45) is 5.73 Å². The average Bonchev–Trinajstić information content (AvgIpc) is 2.33. The Balaban J connectivity index is 2.21. The van der Waals surface area contributed by atoms with Gasteiger partial charge in [0.05, 0.1) is 22.3 Å². The highest BCUT2D eigenvalue weighted by molar-refractivity contribution is 6.42. The summed E-state index contributed by atoms with van der Waals surface area (Å²) in [6, 6.07) is 5.89. The number of morpholine rings is 1. The van der Waals surface area contributed by atoms with Crippen molar-refractivity contribution in [2.45, 2.75) is 32.1 Å². The summed E-state index contributed by atoms with van der Waals surface area (Å²) in [6.45, 7) is 6.49. The summed E-state index contributed by atoms with van der Waals surface area (Å²) in [5, 5.41) is 1.15. The number of benzene rings is 1. The third-order valence-electron chi connectivity index (χ3n) is 3.44. The van der Waals surface area contributed by atoms with Crippen LogP contribution in [0.25, 0.3) is 0 Å². The third kappa shape index (κ3) is 3.61. The van der Waals surface area contributed by atoms with Crippen molar-refractivity contribution in [3.05, 3.63) is 33.8 Å². The van der Waals surface area contributed by atoms with Crippen LogP contribution in [0.15, 0.2) is 18.2 Å². The Hall–Kier alpha value is -0.320. The topological polar surface area (TPSA) is 38.5 Å². The molecule has 106 valence electrons. The lowest BCUT2D eigenvalue weighted by Gasteiger charge is -2.40. The van der Waals surface area contributed by atoms with Gasteiger partial charge >= 0.3 is 0 Å². The molecule has 1 saturated heterocycles. The Kier molecular flexibility index (Phi) is 5.09. The second-order valence-corrected chi connectivity index (χ2v) is 5.95. The molecule has 2 rings (SSSR count). The minimum absolute atomic E-state index is 0.156. The molecule has 1 aromatic carbocycles. The van der Waals surface area contributed by atoms with E-state index in [4.69, 9.17) is 33.7 Å². The molecule has 2 N–H and O–H groups in total. The molecule has 1 heterocycles. The second kappa shape index (κ2) is 6.42. The molecule has 0 unspecified atom stereocenters. The molecule has 3 atom stereocenters. The standard InChI is InChI=1S/C14H20Cl2N2O/c1-9-7-18(8-10(2)19-9)14(6-17)11-3-4-12(15)13(16)5-11/h3-5,9-10,14H,6-8,17H2,1-2H3/t9-,10+,14-/m1/s1. The molecule has 3 nitrogen and oxygen atoms in total. The summed E-state index contributed by atoms with van der Waals surface area (Å²) in [4.78, 5) is 2.36. The zero-order valence-corrected chi connectivity index (χ0v) is 12.8. The number of hydrogen-bond acceptors (Lipinski definition) is 3. The average molecular weight is 303 g/mol. The zero-order valence-electron chi connectivity index (χ0n) is 11.3. The van der Waals surface area contributed by atoms with Crippen LogP contribution in [0.4, 0.5) is 0 Å². The molecule has 0 spiro atoms. The summed E-state index contributed by atoms with van der Waals surface area (Å²) >= 11 is 12.1. The predicted molar refractivity (Wildman–Crippen MR) is 79.8 cm³/mol. The van der Waals surface area contributed by atoms with Crippen molar-refractivity contribution >= 4 is 23.2 Å². The maximum Gasteiger partial charge on any atom is 0.0678 e. The van der Waals surface area contributed by atoms with Gasteiger partial charge in [-0.3, -0.25) is 4.90 Å². The fraction of sp³-hybridized carbons (Fsp3) is 0.571. The number of hydrogen-bond donors (Lipinski definition) is 1. The molecular weight excluding hydrogens is 283 g/mol. The Bertz CT molecular complexity index is 431. The van der Waals surface area contributed by atoms with Crippen LogP contribution in [0.2, 0.25) is 10.0 Å². The third-order valence-corrected chi connectivity index (χ3v) is 4.18. The van der Waals surface area contributed by atoms with Crippen molar-refractivity contribution < 1.29 is 4.74 Å². The van der Waals surface area contributed by atoms with Crippen LogP contribution in [0, 0.1) is 0 Å². The molecule has 19 heavy (non-hydrogen) atoms. The van der Waals surface area contributed by atoms with Crippen LogP contribution >= 0.6 is 23.2 Å². The Labute approximate surface area is 124 Å². The fourth-order valence-corrected chi connectivity index (χ4v) is 2.99. The van der Waals surface area contributed by atoms with Crippen LogP contribution in [-0.2, 0) is 4.74 Å². The van der Waals surface area contributed by atoms with E-state index in [1.54, 1.807) is 0 Å². The molecule has 1 aliphatic rings. The first kappa shape index (κ1) is 15.1. The first-order chi connectivity index (χ1) is 9.01. The van der Waals surface area contributed by atoms with Gasteiger partial charge in [0.15, 0.2) is 0 Å². The lowest BCUT2D eigenvalue weighted by molar-refractivity contribution is -0.0799. The van der Waals surface area contributed by atoms with Crippen LogP contribution in [0.5, 0.6) is 0 Å². The van der Waals surface area contributed by atoms with Gasteiger partial charge in [-0.25, -0.2) is 0 Å². The normalized spacial score (nSPS) is 26.4. The van der Waals surface area contributed by atoms with E-state index in [1.807, 2.05) is 18.2 Å². The van der Waals surface area contributed by atoms with Crippen LogP contribution in [0.3, 0.4) is 0 Å². The van der Waals surface area contributed by atoms with Gasteiger partial charge in [-0.05, 0) is 31.5 Å². The first-order valence-corrected chi connectivity index (χ1v) is 7.31. The monoisotopic (exact) mass is 302 g/mol. The smallest absolute Gasteiger partial charge is 0.0678 e. The van der Waals surface area contributed by atoms with Crippen molar-refractivity contribution in [1.82, 2.24) is 4.90 Å². The molecule has 0 bridgehead atoms. The van der Waals surface area contributed by atoms with E-state index < -0.39 is 0 Å². The quantitative estimate of drug-likeness (QED) is 0.932. The molecular formula is C14H20Cl2N2O. The molecule has 0 saturated carbocycles. The van der Waals surface area contributed by atoms with E-state index in [1.165, 1.54) is 0 Å². The first-order valence-electron chi connectivity index (χ1n) is 6.55. The summed E-state index contributed by atoms with van der Waals surface area (Å²) in [5.41, 5.74) is 7.07. The van der Waals surface area contributed by atoms with Gasteiger partial charge in [-0.2, -0.15) is 0 Å². The van der Waals surface area contributed by atoms with Crippen molar-refractivity contribution in [3.8, 4) is 0 Å². The number of rotatable bonds is 3. The molecule has 0 amide bonds. The van der Waals surface area contributed by atoms with Gasteiger partial charge in [-0.15, -0.1) is 0 Å². The minimum Gasteiger partial charge on any atom is -0.373 e. The van der Waals surface area contributed by atoms with E-state index in [0.29, 0.717) is 16.6 Å². The van der Waals surface area contributed by atoms with E-state index in [9.17, 15) is 0 Å². The van der Waals surface area contributed by atoms with E-state index in [-0.39, 0.29) is 18.2 Å². The van der Waals surface area contributed by atoms with Crippen molar-refractivity contribution in [3.63, 3.8) is 0 Å². The summed E-state index contributed by atoms with van der Waals surface area (Å²) in [7, 11) is 0. The van der Waals surface area contributed by atoms with Gasteiger partial charge in [0.25, 0.3) is 0 Å². The van der Waals surface area contributed by atoms with Crippen LogP contribution in [-0.4, -0.2) is 36.7 Å². The van der Waals surface area contributed by atoms with Crippen LogP contribution < -0.4 is 5.73 Å². The Morgan fingerprint density at radius 1 is 1.26 bits per heavy atom. The van der Waals surface area contributed by atoms with Gasteiger partial charge in [0.1, 0.15) is 0 Å². The van der Waals surface area contributed by atoms with Crippen molar-refractivity contribution in [2.75, 3.05) is 19.6 Å². The molecule has 0 aliphatic carbocycles. The van der Waals surface area contributed by atoms with E-state index >= 15 is 0 Å². The largest absolute Gasteiger partial charge is 0.373 e. The molecule has 0 radical (unpaired) electrons. The Morgan fingerprint density at radius 3 is 2.42 bits per heavy atom. The number of nitrogens with zero attached hydrogens (tertiary/aromatic N) is 1. The highest BCUT2D eigenvalue weighted by Gasteiger charge is 2.28. The van der Waals surface area contributed by atoms with E-state index in [2.05, 4.69) is 18.7 Å². The number of ether oxygens (including phenoxy) is 1. The van der Waals surface area contributed by atoms with Crippen molar-refractivity contribution in [1.29, 1.82) is 0 Å². The summed E-state index contributed by atoms with van der Waals surface area (Å²) in [5.74, 6) is 0. The Morgan fingerprint density at radius 2 is 1.89 bits per heavy atom. The summed E-state index contributed by atoms with van der Waals surface area (Å²) in [6.07, 6.45) is 0.446. The molecule has 0 aromatic heterocycles. The van der Waals surface area contributed by atoms with E-state index in [0.717, 1.165) is 18.7 Å². The lowest BCUT2D eigenvalue weighted by atomic mass is 10.0. The molecule has 5 heteroatoms. The molecule has 1 fully saturated rings. The SMILES string of the molecule is C[C@@H]1CN([C@H](CN)c2ccc(Cl)c(Cl)c2)C[C@H](C)O1. The van der Waals surface area contributed by atoms with Gasteiger partial charge in [0, 0.05) is 25.7 Å². The molecule has 1 aliphatic heterocycles. The summed E-state index contributed by atoms with van der Waals surface area (Å²) < 4.78 is 5.76. The fourth-order valence-electron chi connectivity index (χ4n) is 2.69. The lowest BCUT2D eigenvalue weighted by Crippen LogP contribution is -2.48. The van der Waals surface area contributed by atoms with Gasteiger partial charge in [0.2, 0.25) is 0 Å². The van der Waals surface area contributed by atoms with Crippen LogP contribution in [0.1, 0.15) is 25.5 Å². The number of nitrogens with two attached hydrogens (primary N) is 1. The number of halogens is 2. The highest BCUT2D eigenvalue weighted by Crippen LogP contribution is 2.29. The predicted octanol–water partition coefficient (Wildman–Crippen LogP) is 3.10.